The molecule has 0 aliphatic carbocycles. The summed E-state index contributed by atoms with van der Waals surface area (Å²) in [5.41, 5.74) is 0. The standard InChI is InChI=1S/C7H10N2O2S/c10-6-1-2-7(11)9(6)4-3-8-5-12/h1-2,8,12H,3-5H2. The largest absolute Gasteiger partial charge is 0.306 e. The Morgan fingerprint density at radius 2 is 1.92 bits per heavy atom. The molecule has 1 N–H and O–H groups in total. The number of thiol groups is 1. The summed E-state index contributed by atoms with van der Waals surface area (Å²) in [6, 6.07) is 0. The molecule has 0 aromatic heterocycles. The molecule has 1 aliphatic rings. The molecule has 0 bridgehead atoms. The van der Waals surface area contributed by atoms with E-state index in [-0.39, 0.29) is 11.8 Å². The summed E-state index contributed by atoms with van der Waals surface area (Å²) in [5, 5.41) is 2.91. The van der Waals surface area contributed by atoms with E-state index in [0.29, 0.717) is 19.0 Å². The maximum atomic E-state index is 11.0. The van der Waals surface area contributed by atoms with Gasteiger partial charge in [-0.1, -0.05) is 0 Å². The zero-order chi connectivity index (χ0) is 8.97. The van der Waals surface area contributed by atoms with Crippen molar-refractivity contribution in [3.63, 3.8) is 0 Å². The topological polar surface area (TPSA) is 49.4 Å². The van der Waals surface area contributed by atoms with Gasteiger partial charge in [-0.15, -0.1) is 0 Å². The Kier molecular flexibility index (Phi) is 3.31. The van der Waals surface area contributed by atoms with Gasteiger partial charge >= 0.3 is 0 Å². The minimum Gasteiger partial charge on any atom is -0.306 e. The van der Waals surface area contributed by atoms with Crippen molar-refractivity contribution in [3.05, 3.63) is 12.2 Å². The Labute approximate surface area is 76.0 Å². The van der Waals surface area contributed by atoms with Crippen LogP contribution >= 0.6 is 12.6 Å². The average Bonchev–Trinajstić information content (AvgIpc) is 2.35. The van der Waals surface area contributed by atoms with Crippen LogP contribution in [0, 0.1) is 0 Å². The number of nitrogens with zero attached hydrogens (tertiary/aromatic N) is 1. The summed E-state index contributed by atoms with van der Waals surface area (Å²) in [6.07, 6.45) is 2.56. The van der Waals surface area contributed by atoms with Gasteiger partial charge in [0, 0.05) is 31.1 Å². The highest BCUT2D eigenvalue weighted by Gasteiger charge is 2.21. The summed E-state index contributed by atoms with van der Waals surface area (Å²) in [5.74, 6) is 0.0749. The lowest BCUT2D eigenvalue weighted by Crippen LogP contribution is -2.36. The minimum absolute atomic E-state index is 0.235. The molecule has 1 aliphatic heterocycles. The highest BCUT2D eigenvalue weighted by Crippen LogP contribution is 2.01. The molecule has 0 aromatic rings. The molecule has 0 saturated carbocycles. The summed E-state index contributed by atoms with van der Waals surface area (Å²) in [6.45, 7) is 0.994. The molecule has 0 radical (unpaired) electrons. The molecule has 2 amide bonds. The van der Waals surface area contributed by atoms with Crippen LogP contribution in [0.15, 0.2) is 12.2 Å². The van der Waals surface area contributed by atoms with Crippen molar-refractivity contribution < 1.29 is 9.59 Å². The van der Waals surface area contributed by atoms with Crippen molar-refractivity contribution in [1.82, 2.24) is 10.2 Å². The highest BCUT2D eigenvalue weighted by molar-refractivity contribution is 7.80. The van der Waals surface area contributed by atoms with Gasteiger partial charge in [-0.05, 0) is 0 Å². The van der Waals surface area contributed by atoms with E-state index in [1.165, 1.54) is 17.1 Å². The molecule has 0 fully saturated rings. The molecular weight excluding hydrogens is 176 g/mol. The average molecular weight is 186 g/mol. The van der Waals surface area contributed by atoms with Gasteiger partial charge in [-0.2, -0.15) is 12.6 Å². The molecule has 1 heterocycles. The first kappa shape index (κ1) is 9.28. The second-order valence-corrected chi connectivity index (χ2v) is 2.64. The first-order valence-corrected chi connectivity index (χ1v) is 4.24. The number of hydrogen-bond donors (Lipinski definition) is 2. The fourth-order valence-corrected chi connectivity index (χ4v) is 1.08. The van der Waals surface area contributed by atoms with Gasteiger partial charge in [-0.25, -0.2) is 0 Å². The van der Waals surface area contributed by atoms with Crippen LogP contribution in [0.3, 0.4) is 0 Å². The smallest absolute Gasteiger partial charge is 0.253 e. The van der Waals surface area contributed by atoms with Crippen molar-refractivity contribution in [3.8, 4) is 0 Å². The molecule has 0 aromatic carbocycles. The first-order chi connectivity index (χ1) is 5.75. The van der Waals surface area contributed by atoms with E-state index >= 15 is 0 Å². The summed E-state index contributed by atoms with van der Waals surface area (Å²) >= 11 is 3.93. The van der Waals surface area contributed by atoms with Crippen molar-refractivity contribution in [2.45, 2.75) is 0 Å². The van der Waals surface area contributed by atoms with Gasteiger partial charge in [0.25, 0.3) is 11.8 Å². The fourth-order valence-electron chi connectivity index (χ4n) is 0.921. The molecule has 66 valence electrons. The van der Waals surface area contributed by atoms with Crippen LogP contribution in [-0.4, -0.2) is 35.7 Å². The zero-order valence-corrected chi connectivity index (χ0v) is 7.38. The van der Waals surface area contributed by atoms with Gasteiger partial charge in [0.2, 0.25) is 0 Å². The predicted molar refractivity (Wildman–Crippen MR) is 47.7 cm³/mol. The van der Waals surface area contributed by atoms with E-state index in [2.05, 4.69) is 17.9 Å². The maximum Gasteiger partial charge on any atom is 0.253 e. The SMILES string of the molecule is O=C1C=CC(=O)N1CCNCS. The Morgan fingerprint density at radius 3 is 2.42 bits per heavy atom. The monoisotopic (exact) mass is 186 g/mol. The maximum absolute atomic E-state index is 11.0. The molecule has 0 unspecified atom stereocenters. The molecule has 12 heavy (non-hydrogen) atoms. The Bertz CT molecular complexity index is 209. The number of hydrogen-bond acceptors (Lipinski definition) is 4. The van der Waals surface area contributed by atoms with Crippen LogP contribution < -0.4 is 5.32 Å². The molecular formula is C7H10N2O2S. The van der Waals surface area contributed by atoms with Crippen molar-refractivity contribution in [1.29, 1.82) is 0 Å². The van der Waals surface area contributed by atoms with E-state index in [1.54, 1.807) is 0 Å². The van der Waals surface area contributed by atoms with E-state index in [1.807, 2.05) is 0 Å². The molecule has 0 saturated heterocycles. The molecule has 5 heteroatoms. The van der Waals surface area contributed by atoms with Crippen LogP contribution in [0.2, 0.25) is 0 Å². The van der Waals surface area contributed by atoms with Gasteiger partial charge in [0.05, 0.1) is 0 Å². The van der Waals surface area contributed by atoms with Gasteiger partial charge in [0.15, 0.2) is 0 Å². The Balaban J connectivity index is 2.33. The molecule has 1 rings (SSSR count). The third-order valence-corrected chi connectivity index (χ3v) is 1.75. The lowest BCUT2D eigenvalue weighted by Gasteiger charge is -2.12. The lowest BCUT2D eigenvalue weighted by atomic mass is 10.5. The first-order valence-electron chi connectivity index (χ1n) is 3.61. The van der Waals surface area contributed by atoms with Crippen LogP contribution in [0.5, 0.6) is 0 Å². The van der Waals surface area contributed by atoms with Crippen LogP contribution in [0.1, 0.15) is 0 Å². The van der Waals surface area contributed by atoms with Crippen molar-refractivity contribution in [2.24, 2.45) is 0 Å². The Morgan fingerprint density at radius 1 is 1.33 bits per heavy atom. The zero-order valence-electron chi connectivity index (χ0n) is 6.49. The number of amides is 2. The molecule has 0 atom stereocenters. The molecule has 4 nitrogen and oxygen atoms in total. The summed E-state index contributed by atoms with van der Waals surface area (Å²) in [4.78, 5) is 23.1. The fraction of sp³-hybridized carbons (Fsp3) is 0.429. The number of imide groups is 1. The normalized spacial score (nSPS) is 16.2. The number of carbonyl (C=O) groups is 2. The third-order valence-electron chi connectivity index (χ3n) is 1.52. The Hall–Kier alpha value is -0.810. The van der Waals surface area contributed by atoms with Crippen molar-refractivity contribution in [2.75, 3.05) is 19.0 Å². The summed E-state index contributed by atoms with van der Waals surface area (Å²) < 4.78 is 0. The number of rotatable bonds is 4. The van der Waals surface area contributed by atoms with E-state index in [4.69, 9.17) is 0 Å². The van der Waals surface area contributed by atoms with E-state index < -0.39 is 0 Å². The van der Waals surface area contributed by atoms with Gasteiger partial charge in [0.1, 0.15) is 0 Å². The minimum atomic E-state index is -0.235. The second kappa shape index (κ2) is 4.27. The van der Waals surface area contributed by atoms with E-state index in [0.717, 1.165) is 0 Å². The van der Waals surface area contributed by atoms with Crippen LogP contribution in [0.25, 0.3) is 0 Å². The number of nitrogens with one attached hydrogen (secondary N) is 1. The lowest BCUT2D eigenvalue weighted by molar-refractivity contribution is -0.136. The van der Waals surface area contributed by atoms with Crippen molar-refractivity contribution >= 4 is 24.4 Å². The van der Waals surface area contributed by atoms with Crippen LogP contribution in [0.4, 0.5) is 0 Å². The van der Waals surface area contributed by atoms with E-state index in [9.17, 15) is 9.59 Å². The molecule has 0 spiro atoms. The van der Waals surface area contributed by atoms with Gasteiger partial charge in [-0.3, -0.25) is 14.5 Å². The highest BCUT2D eigenvalue weighted by atomic mass is 32.1. The quantitative estimate of drug-likeness (QED) is 0.266. The second-order valence-electron chi connectivity index (χ2n) is 2.32. The van der Waals surface area contributed by atoms with Gasteiger partial charge < -0.3 is 5.32 Å². The summed E-state index contributed by atoms with van der Waals surface area (Å²) in [7, 11) is 0. The number of carbonyl (C=O) groups excluding carboxylic acids is 2. The predicted octanol–water partition coefficient (Wildman–Crippen LogP) is -0.612. The van der Waals surface area contributed by atoms with Crippen LogP contribution in [-0.2, 0) is 9.59 Å². The third kappa shape index (κ3) is 2.09.